The maximum absolute atomic E-state index is 12.5. The van der Waals surface area contributed by atoms with Gasteiger partial charge in [0.15, 0.2) is 0 Å². The van der Waals surface area contributed by atoms with E-state index >= 15 is 0 Å². The molecule has 0 bridgehead atoms. The Hall–Kier alpha value is -2.67. The van der Waals surface area contributed by atoms with Crippen molar-refractivity contribution in [2.75, 3.05) is 11.9 Å². The van der Waals surface area contributed by atoms with E-state index in [9.17, 15) is 18.4 Å². The van der Waals surface area contributed by atoms with E-state index < -0.39 is 12.5 Å². The zero-order chi connectivity index (χ0) is 20.3. The Bertz CT molecular complexity index is 874. The van der Waals surface area contributed by atoms with Gasteiger partial charge in [-0.05, 0) is 30.7 Å². The highest BCUT2D eigenvalue weighted by Gasteiger charge is 2.34. The van der Waals surface area contributed by atoms with Crippen LogP contribution in [0.2, 0.25) is 5.02 Å². The van der Waals surface area contributed by atoms with Crippen LogP contribution in [-0.2, 0) is 16.1 Å². The van der Waals surface area contributed by atoms with Gasteiger partial charge in [0, 0.05) is 25.2 Å². The van der Waals surface area contributed by atoms with Gasteiger partial charge in [-0.15, -0.1) is 0 Å². The van der Waals surface area contributed by atoms with Crippen LogP contribution >= 0.6 is 11.6 Å². The lowest BCUT2D eigenvalue weighted by molar-refractivity contribution is -0.128. The van der Waals surface area contributed by atoms with Crippen LogP contribution in [0.4, 0.5) is 14.5 Å². The minimum atomic E-state index is -2.98. The number of rotatable bonds is 6. The minimum absolute atomic E-state index is 0.0402. The third kappa shape index (κ3) is 4.98. The van der Waals surface area contributed by atoms with E-state index in [0.717, 1.165) is 11.1 Å². The van der Waals surface area contributed by atoms with Crippen LogP contribution in [0.3, 0.4) is 0 Å². The van der Waals surface area contributed by atoms with Gasteiger partial charge in [-0.25, -0.2) is 0 Å². The zero-order valence-corrected chi connectivity index (χ0v) is 15.9. The highest BCUT2D eigenvalue weighted by atomic mass is 35.5. The molecule has 1 atom stereocenters. The monoisotopic (exact) mass is 408 g/mol. The van der Waals surface area contributed by atoms with E-state index in [0.29, 0.717) is 18.8 Å². The molecule has 2 amide bonds. The number of nitrogens with zero attached hydrogens (tertiary/aromatic N) is 1. The Morgan fingerprint density at radius 1 is 1.29 bits per heavy atom. The van der Waals surface area contributed by atoms with Crippen molar-refractivity contribution in [3.63, 3.8) is 0 Å². The molecule has 8 heteroatoms. The molecule has 3 rings (SSSR count). The number of alkyl halides is 2. The summed E-state index contributed by atoms with van der Waals surface area (Å²) in [5, 5.41) is 2.63. The lowest BCUT2D eigenvalue weighted by atomic mass is 10.1. The predicted molar refractivity (Wildman–Crippen MR) is 101 cm³/mol. The number of halogens is 3. The molecule has 28 heavy (non-hydrogen) atoms. The minimum Gasteiger partial charge on any atom is -0.433 e. The summed E-state index contributed by atoms with van der Waals surface area (Å²) in [7, 11) is 0. The first-order chi connectivity index (χ1) is 13.3. The van der Waals surface area contributed by atoms with Crippen molar-refractivity contribution in [3.8, 4) is 5.75 Å². The van der Waals surface area contributed by atoms with Gasteiger partial charge in [0.1, 0.15) is 5.75 Å². The van der Waals surface area contributed by atoms with E-state index in [1.54, 1.807) is 4.90 Å². The molecule has 2 aromatic carbocycles. The summed E-state index contributed by atoms with van der Waals surface area (Å²) in [6.07, 6.45) is 0.123. The largest absolute Gasteiger partial charge is 0.433 e. The molecule has 0 saturated carbocycles. The summed E-state index contributed by atoms with van der Waals surface area (Å²) in [6, 6.07) is 11.9. The third-order valence-corrected chi connectivity index (χ3v) is 4.79. The topological polar surface area (TPSA) is 58.6 Å². The Balaban J connectivity index is 1.60. The van der Waals surface area contributed by atoms with Crippen LogP contribution in [0.1, 0.15) is 17.5 Å². The smallest absolute Gasteiger partial charge is 0.387 e. The van der Waals surface area contributed by atoms with Gasteiger partial charge in [0.25, 0.3) is 0 Å². The molecule has 0 aromatic heterocycles. The maximum atomic E-state index is 12.5. The van der Waals surface area contributed by atoms with E-state index in [-0.39, 0.29) is 29.0 Å². The van der Waals surface area contributed by atoms with Crippen molar-refractivity contribution in [2.45, 2.75) is 26.5 Å². The highest BCUT2D eigenvalue weighted by molar-refractivity contribution is 6.32. The van der Waals surface area contributed by atoms with Crippen molar-refractivity contribution >= 4 is 29.1 Å². The van der Waals surface area contributed by atoms with Crippen molar-refractivity contribution in [1.82, 2.24) is 4.90 Å². The second-order valence-corrected chi connectivity index (χ2v) is 7.08. The van der Waals surface area contributed by atoms with Gasteiger partial charge in [-0.1, -0.05) is 41.4 Å². The third-order valence-electron chi connectivity index (χ3n) is 4.49. The summed E-state index contributed by atoms with van der Waals surface area (Å²) in [4.78, 5) is 26.4. The molecule has 1 saturated heterocycles. The summed E-state index contributed by atoms with van der Waals surface area (Å²) >= 11 is 5.89. The average Bonchev–Trinajstić information content (AvgIpc) is 3.00. The number of amides is 2. The van der Waals surface area contributed by atoms with Crippen molar-refractivity contribution in [1.29, 1.82) is 0 Å². The number of aryl methyl sites for hydroxylation is 1. The zero-order valence-electron chi connectivity index (χ0n) is 15.1. The number of ether oxygens (including phenoxy) is 1. The molecule has 5 nitrogen and oxygen atoms in total. The van der Waals surface area contributed by atoms with Crippen LogP contribution in [0, 0.1) is 12.8 Å². The van der Waals surface area contributed by atoms with E-state index in [1.165, 1.54) is 18.2 Å². The van der Waals surface area contributed by atoms with E-state index in [4.69, 9.17) is 11.6 Å². The average molecular weight is 409 g/mol. The SMILES string of the molecule is Cc1ccc(CN2CC(C(=O)Nc3ccc(OC(F)F)c(Cl)c3)CC2=O)cc1. The molecule has 0 spiro atoms. The molecule has 148 valence electrons. The molecule has 0 aliphatic carbocycles. The summed E-state index contributed by atoms with van der Waals surface area (Å²) in [6.45, 7) is -0.224. The number of nitrogens with one attached hydrogen (secondary N) is 1. The van der Waals surface area contributed by atoms with Crippen LogP contribution in [0.5, 0.6) is 5.75 Å². The number of likely N-dealkylation sites (tertiary alicyclic amines) is 1. The molecule has 1 aliphatic rings. The molecule has 1 unspecified atom stereocenters. The Morgan fingerprint density at radius 2 is 2.00 bits per heavy atom. The molecule has 1 aliphatic heterocycles. The van der Waals surface area contributed by atoms with Gasteiger partial charge >= 0.3 is 6.61 Å². The summed E-state index contributed by atoms with van der Waals surface area (Å²) in [5.74, 6) is -1.07. The fourth-order valence-electron chi connectivity index (χ4n) is 3.03. The van der Waals surface area contributed by atoms with Gasteiger partial charge in [0.2, 0.25) is 11.8 Å². The quantitative estimate of drug-likeness (QED) is 0.777. The molecule has 1 heterocycles. The van der Waals surface area contributed by atoms with Crippen LogP contribution < -0.4 is 10.1 Å². The molecular weight excluding hydrogens is 390 g/mol. The fourth-order valence-corrected chi connectivity index (χ4v) is 3.25. The number of anilines is 1. The number of carbonyl (C=O) groups is 2. The second kappa shape index (κ2) is 8.56. The van der Waals surface area contributed by atoms with E-state index in [1.807, 2.05) is 31.2 Å². The molecule has 0 radical (unpaired) electrons. The summed E-state index contributed by atoms with van der Waals surface area (Å²) < 4.78 is 28.8. The lowest BCUT2D eigenvalue weighted by Gasteiger charge is -2.17. The standard InChI is InChI=1S/C20H19ClF2N2O3/c1-12-2-4-13(5-3-12)10-25-11-14(8-18(25)26)19(27)24-15-6-7-17(16(21)9-15)28-20(22)23/h2-7,9,14,20H,8,10-11H2,1H3,(H,24,27). The summed E-state index contributed by atoms with van der Waals surface area (Å²) in [5.41, 5.74) is 2.49. The van der Waals surface area contributed by atoms with E-state index in [2.05, 4.69) is 10.1 Å². The molecule has 2 aromatic rings. The van der Waals surface area contributed by atoms with Crippen molar-refractivity contribution in [3.05, 3.63) is 58.6 Å². The number of hydrogen-bond donors (Lipinski definition) is 1. The van der Waals surface area contributed by atoms with Gasteiger partial charge in [-0.3, -0.25) is 9.59 Å². The van der Waals surface area contributed by atoms with Crippen molar-refractivity contribution in [2.24, 2.45) is 5.92 Å². The normalized spacial score (nSPS) is 16.5. The molecule has 1 fully saturated rings. The number of carbonyl (C=O) groups excluding carboxylic acids is 2. The van der Waals surface area contributed by atoms with Gasteiger partial charge in [-0.2, -0.15) is 8.78 Å². The van der Waals surface area contributed by atoms with Gasteiger partial charge < -0.3 is 15.0 Å². The van der Waals surface area contributed by atoms with Crippen molar-refractivity contribution < 1.29 is 23.1 Å². The Morgan fingerprint density at radius 3 is 2.64 bits per heavy atom. The number of hydrogen-bond acceptors (Lipinski definition) is 3. The van der Waals surface area contributed by atoms with Crippen LogP contribution in [0.25, 0.3) is 0 Å². The maximum Gasteiger partial charge on any atom is 0.387 e. The molecular formula is C20H19ClF2N2O3. The first-order valence-electron chi connectivity index (χ1n) is 8.70. The first-order valence-corrected chi connectivity index (χ1v) is 9.08. The predicted octanol–water partition coefficient (Wildman–Crippen LogP) is 4.24. The fraction of sp³-hybridized carbons (Fsp3) is 0.300. The van der Waals surface area contributed by atoms with Crippen LogP contribution in [-0.4, -0.2) is 29.9 Å². The highest BCUT2D eigenvalue weighted by Crippen LogP contribution is 2.30. The second-order valence-electron chi connectivity index (χ2n) is 6.67. The Labute approximate surface area is 166 Å². The lowest BCUT2D eigenvalue weighted by Crippen LogP contribution is -2.28. The Kier molecular flexibility index (Phi) is 6.14. The van der Waals surface area contributed by atoms with Gasteiger partial charge in [0.05, 0.1) is 10.9 Å². The number of benzene rings is 2. The first kappa shape index (κ1) is 20.1. The molecule has 1 N–H and O–H groups in total. The van der Waals surface area contributed by atoms with Crippen LogP contribution in [0.15, 0.2) is 42.5 Å².